The number of rotatable bonds is 4. The molecule has 0 aliphatic heterocycles. The molecular formula is C21H18FN5O3. The maximum atomic E-state index is 13.6. The maximum absolute atomic E-state index is 13.6. The number of aryl methyl sites for hydroxylation is 1. The molecule has 4 aromatic rings. The number of nitrogens with one attached hydrogen (secondary N) is 1. The number of fused-ring (bicyclic) bond motifs is 1. The van der Waals surface area contributed by atoms with Gasteiger partial charge < -0.3 is 14.9 Å². The Kier molecular flexibility index (Phi) is 4.32. The highest BCUT2D eigenvalue weighted by atomic mass is 19.1. The summed E-state index contributed by atoms with van der Waals surface area (Å²) in [6.45, 7) is 1.87. The van der Waals surface area contributed by atoms with E-state index >= 15 is 0 Å². The van der Waals surface area contributed by atoms with Crippen LogP contribution < -0.4 is 5.32 Å². The van der Waals surface area contributed by atoms with Gasteiger partial charge in [-0.1, -0.05) is 17.3 Å². The van der Waals surface area contributed by atoms with Crippen LogP contribution in [0.5, 0.6) is 0 Å². The van der Waals surface area contributed by atoms with E-state index in [1.165, 1.54) is 28.9 Å². The Morgan fingerprint density at radius 2 is 2.13 bits per heavy atom. The van der Waals surface area contributed by atoms with E-state index in [-0.39, 0.29) is 17.7 Å². The molecule has 3 aromatic heterocycles. The SMILES string of the molecule is Cc1ccc(-c2noc([C@H]3C[C@@H](O)C3)n2)cc1NC(=O)c1cnc2ccc(F)cn12. The lowest BCUT2D eigenvalue weighted by atomic mass is 9.82. The summed E-state index contributed by atoms with van der Waals surface area (Å²) in [6, 6.07) is 8.26. The minimum Gasteiger partial charge on any atom is -0.393 e. The maximum Gasteiger partial charge on any atom is 0.274 e. The van der Waals surface area contributed by atoms with Crippen molar-refractivity contribution in [3.8, 4) is 11.4 Å². The summed E-state index contributed by atoms with van der Waals surface area (Å²) in [5, 5.41) is 16.3. The first-order chi connectivity index (χ1) is 14.5. The lowest BCUT2D eigenvalue weighted by Crippen LogP contribution is -2.26. The summed E-state index contributed by atoms with van der Waals surface area (Å²) in [6.07, 6.45) is 3.56. The van der Waals surface area contributed by atoms with Crippen molar-refractivity contribution in [2.24, 2.45) is 0 Å². The van der Waals surface area contributed by atoms with E-state index in [9.17, 15) is 14.3 Å². The number of hydrogen-bond donors (Lipinski definition) is 2. The second-order valence-corrected chi connectivity index (χ2v) is 7.48. The number of imidazole rings is 1. The number of aliphatic hydroxyl groups excluding tert-OH is 1. The molecule has 1 fully saturated rings. The number of nitrogens with zero attached hydrogens (tertiary/aromatic N) is 4. The van der Waals surface area contributed by atoms with E-state index in [4.69, 9.17) is 4.52 Å². The first-order valence-electron chi connectivity index (χ1n) is 9.54. The molecule has 30 heavy (non-hydrogen) atoms. The molecule has 1 saturated carbocycles. The number of hydrogen-bond acceptors (Lipinski definition) is 6. The number of aliphatic hydroxyl groups is 1. The summed E-state index contributed by atoms with van der Waals surface area (Å²) in [5.74, 6) is 0.139. The lowest BCUT2D eigenvalue weighted by molar-refractivity contribution is 0.0625. The minimum absolute atomic E-state index is 0.0846. The second-order valence-electron chi connectivity index (χ2n) is 7.48. The molecule has 0 bridgehead atoms. The van der Waals surface area contributed by atoms with Crippen LogP contribution in [-0.4, -0.2) is 36.6 Å². The van der Waals surface area contributed by atoms with Crippen LogP contribution >= 0.6 is 0 Å². The summed E-state index contributed by atoms with van der Waals surface area (Å²) in [7, 11) is 0. The standard InChI is InChI=1S/C21H18FN5O3/c1-11-2-3-12(19-25-21(30-26-19)13-6-15(28)7-13)8-16(11)24-20(29)17-9-23-18-5-4-14(22)10-27(17)18/h2-5,8-10,13,15,28H,6-7H2,1H3,(H,24,29)/t13-,15+. The number of aromatic nitrogens is 4. The third kappa shape index (κ3) is 3.22. The molecule has 2 N–H and O–H groups in total. The van der Waals surface area contributed by atoms with Gasteiger partial charge in [-0.25, -0.2) is 9.37 Å². The van der Waals surface area contributed by atoms with Gasteiger partial charge in [0.05, 0.1) is 12.3 Å². The zero-order valence-electron chi connectivity index (χ0n) is 16.0. The Hall–Kier alpha value is -3.59. The van der Waals surface area contributed by atoms with Crippen LogP contribution in [0.15, 0.2) is 47.2 Å². The highest BCUT2D eigenvalue weighted by Crippen LogP contribution is 2.36. The molecule has 0 atom stereocenters. The number of pyridine rings is 1. The van der Waals surface area contributed by atoms with Gasteiger partial charge in [-0.3, -0.25) is 9.20 Å². The van der Waals surface area contributed by atoms with Crippen molar-refractivity contribution >= 4 is 17.2 Å². The molecule has 152 valence electrons. The van der Waals surface area contributed by atoms with E-state index in [0.29, 0.717) is 41.5 Å². The topological polar surface area (TPSA) is 106 Å². The number of halogens is 1. The molecule has 8 nitrogen and oxygen atoms in total. The number of carbonyl (C=O) groups is 1. The average molecular weight is 407 g/mol. The van der Waals surface area contributed by atoms with E-state index in [1.807, 2.05) is 19.1 Å². The van der Waals surface area contributed by atoms with Crippen LogP contribution in [0.4, 0.5) is 10.1 Å². The molecule has 1 aliphatic carbocycles. The van der Waals surface area contributed by atoms with E-state index < -0.39 is 11.7 Å². The van der Waals surface area contributed by atoms with Crippen LogP contribution in [0.3, 0.4) is 0 Å². The Balaban J connectivity index is 1.41. The zero-order valence-corrected chi connectivity index (χ0v) is 16.0. The predicted octanol–water partition coefficient (Wildman–Crippen LogP) is 3.32. The molecule has 1 amide bonds. The molecule has 9 heteroatoms. The third-order valence-electron chi connectivity index (χ3n) is 5.35. The quantitative estimate of drug-likeness (QED) is 0.538. The predicted molar refractivity (Wildman–Crippen MR) is 106 cm³/mol. The zero-order chi connectivity index (χ0) is 20.8. The van der Waals surface area contributed by atoms with Gasteiger partial charge in [0.1, 0.15) is 17.2 Å². The fraction of sp³-hybridized carbons (Fsp3) is 0.238. The highest BCUT2D eigenvalue weighted by Gasteiger charge is 2.33. The molecule has 5 rings (SSSR count). The van der Waals surface area contributed by atoms with Crippen molar-refractivity contribution in [2.45, 2.75) is 31.8 Å². The van der Waals surface area contributed by atoms with Crippen molar-refractivity contribution < 1.29 is 18.8 Å². The van der Waals surface area contributed by atoms with Crippen molar-refractivity contribution in [3.05, 3.63) is 65.7 Å². The van der Waals surface area contributed by atoms with Gasteiger partial charge >= 0.3 is 0 Å². The molecule has 0 saturated heterocycles. The molecular weight excluding hydrogens is 389 g/mol. The summed E-state index contributed by atoms with van der Waals surface area (Å²) in [4.78, 5) is 21.4. The fourth-order valence-electron chi connectivity index (χ4n) is 3.51. The lowest BCUT2D eigenvalue weighted by Gasteiger charge is -2.27. The average Bonchev–Trinajstić information content (AvgIpc) is 3.34. The van der Waals surface area contributed by atoms with Gasteiger partial charge in [0.2, 0.25) is 11.7 Å². The van der Waals surface area contributed by atoms with Gasteiger partial charge in [-0.05, 0) is 43.5 Å². The van der Waals surface area contributed by atoms with Gasteiger partial charge in [-0.15, -0.1) is 0 Å². The first kappa shape index (κ1) is 18.4. The van der Waals surface area contributed by atoms with Crippen LogP contribution in [0, 0.1) is 12.7 Å². The van der Waals surface area contributed by atoms with Gasteiger partial charge in [0.25, 0.3) is 5.91 Å². The van der Waals surface area contributed by atoms with Crippen LogP contribution in [0.1, 0.15) is 40.7 Å². The van der Waals surface area contributed by atoms with Crippen molar-refractivity contribution in [1.29, 1.82) is 0 Å². The number of anilines is 1. The van der Waals surface area contributed by atoms with Crippen LogP contribution in [-0.2, 0) is 0 Å². The molecule has 3 heterocycles. The van der Waals surface area contributed by atoms with E-state index in [0.717, 1.165) is 5.56 Å². The number of benzene rings is 1. The molecule has 1 aliphatic rings. The molecule has 0 unspecified atom stereocenters. The normalized spacial score (nSPS) is 18.4. The van der Waals surface area contributed by atoms with Crippen molar-refractivity contribution in [2.75, 3.05) is 5.32 Å². The third-order valence-corrected chi connectivity index (χ3v) is 5.35. The Morgan fingerprint density at radius 1 is 1.30 bits per heavy atom. The van der Waals surface area contributed by atoms with Crippen LogP contribution in [0.25, 0.3) is 17.0 Å². The fourth-order valence-corrected chi connectivity index (χ4v) is 3.51. The molecule has 1 aromatic carbocycles. The number of amides is 1. The van der Waals surface area contributed by atoms with Gasteiger partial charge in [0, 0.05) is 23.4 Å². The largest absolute Gasteiger partial charge is 0.393 e. The summed E-state index contributed by atoms with van der Waals surface area (Å²) >= 11 is 0. The van der Waals surface area contributed by atoms with Crippen molar-refractivity contribution in [3.63, 3.8) is 0 Å². The van der Waals surface area contributed by atoms with Gasteiger partial charge in [-0.2, -0.15) is 4.98 Å². The monoisotopic (exact) mass is 407 g/mol. The van der Waals surface area contributed by atoms with E-state index in [2.05, 4.69) is 20.4 Å². The Morgan fingerprint density at radius 3 is 2.93 bits per heavy atom. The Bertz CT molecular complexity index is 1260. The Labute approximate surface area is 170 Å². The first-order valence-corrected chi connectivity index (χ1v) is 9.54. The van der Waals surface area contributed by atoms with Crippen LogP contribution in [0.2, 0.25) is 0 Å². The van der Waals surface area contributed by atoms with Crippen molar-refractivity contribution in [1.82, 2.24) is 19.5 Å². The summed E-state index contributed by atoms with van der Waals surface area (Å²) in [5.41, 5.74) is 2.81. The molecule has 0 radical (unpaired) electrons. The second kappa shape index (κ2) is 7.03. The number of carbonyl (C=O) groups excluding carboxylic acids is 1. The molecule has 0 spiro atoms. The highest BCUT2D eigenvalue weighted by molar-refractivity contribution is 6.04. The van der Waals surface area contributed by atoms with E-state index in [1.54, 1.807) is 6.07 Å². The van der Waals surface area contributed by atoms with Gasteiger partial charge in [0.15, 0.2) is 0 Å². The minimum atomic E-state index is -0.459. The summed E-state index contributed by atoms with van der Waals surface area (Å²) < 4.78 is 20.3. The smallest absolute Gasteiger partial charge is 0.274 e.